The van der Waals surface area contributed by atoms with Crippen LogP contribution in [0.3, 0.4) is 0 Å². The molecule has 2 atom stereocenters. The minimum atomic E-state index is -0.337. The van der Waals surface area contributed by atoms with Gasteiger partial charge in [-0.05, 0) is 0 Å². The Balaban J connectivity index is 2.18. The molecule has 0 amide bonds. The highest BCUT2D eigenvalue weighted by molar-refractivity contribution is 8.06. The number of hydrogen-bond acceptors (Lipinski definition) is 3. The lowest BCUT2D eigenvalue weighted by molar-refractivity contribution is 1.13. The topological polar surface area (TPSA) is 47.7 Å². The average molecular weight is 212 g/mol. The van der Waals surface area contributed by atoms with Crippen molar-refractivity contribution in [2.45, 2.75) is 0 Å². The van der Waals surface area contributed by atoms with Crippen LogP contribution in [-0.4, -0.2) is 25.8 Å². The predicted molar refractivity (Wildman–Crippen MR) is 50.8 cm³/mol. The van der Waals surface area contributed by atoms with Crippen LogP contribution in [0.15, 0.2) is 0 Å². The maximum atomic E-state index is 4.38. The van der Waals surface area contributed by atoms with Crippen molar-refractivity contribution in [3.05, 3.63) is 0 Å². The lowest BCUT2D eigenvalue weighted by atomic mass is 10.8. The van der Waals surface area contributed by atoms with Crippen LogP contribution >= 0.6 is 37.0 Å². The second-order valence-electron chi connectivity index (χ2n) is 1.74. The highest BCUT2D eigenvalue weighted by atomic mass is 32.2. The van der Waals surface area contributed by atoms with E-state index < -0.39 is 0 Å². The molecule has 1 saturated heterocycles. The zero-order chi connectivity index (χ0) is 6.81. The maximum absolute atomic E-state index is 4.38. The van der Waals surface area contributed by atoms with Gasteiger partial charge in [0.15, 0.2) is 0 Å². The number of nitrogens with one attached hydrogen (secondary N) is 2. The average Bonchev–Trinajstić information content (AvgIpc) is 1.86. The SMILES string of the molecule is C1CN(p2np[nH][pH][nH]2)S1. The van der Waals surface area contributed by atoms with Gasteiger partial charge in [0.1, 0.15) is 16.5 Å². The molecule has 0 radical (unpaired) electrons. The molecule has 2 unspecified atom stereocenters. The molecule has 1 aromatic heterocycles. The molecule has 4 nitrogen and oxygen atoms in total. The Kier molecular flexibility index (Phi) is 2.43. The largest absolute Gasteiger partial charge is 0.302 e. The summed E-state index contributed by atoms with van der Waals surface area (Å²) in [6.07, 6.45) is 0. The standard InChI is InChI=1S/C2H7N4P3S/c1-2-10-6(1)9-4-7-3-8-5-9/h4,7H,1-2H2,(H,3,5). The Morgan fingerprint density at radius 3 is 3.20 bits per heavy atom. The van der Waals surface area contributed by atoms with E-state index >= 15 is 0 Å². The number of H-pyrrole nitrogens is 2. The Bertz CT molecular complexity index is 215. The minimum absolute atomic E-state index is 0.337. The van der Waals surface area contributed by atoms with E-state index in [1.54, 1.807) is 0 Å². The summed E-state index contributed by atoms with van der Waals surface area (Å²) < 4.78 is 13.2. The van der Waals surface area contributed by atoms with Crippen LogP contribution in [0.1, 0.15) is 0 Å². The molecule has 1 fully saturated rings. The Morgan fingerprint density at radius 2 is 2.70 bits per heavy atom. The Hall–Kier alpha value is 0.610. The number of aromatic amines is 2. The van der Waals surface area contributed by atoms with Crippen molar-refractivity contribution < 1.29 is 0 Å². The van der Waals surface area contributed by atoms with Gasteiger partial charge in [-0.25, -0.2) is 0 Å². The van der Waals surface area contributed by atoms with Gasteiger partial charge in [-0.1, -0.05) is 11.9 Å². The molecule has 2 N–H and O–H groups in total. The Morgan fingerprint density at radius 1 is 1.80 bits per heavy atom. The molecule has 1 aromatic rings. The summed E-state index contributed by atoms with van der Waals surface area (Å²) in [4.78, 5) is 0. The summed E-state index contributed by atoms with van der Waals surface area (Å²) in [5.74, 6) is 1.27. The zero-order valence-corrected chi connectivity index (χ0v) is 8.72. The fraction of sp³-hybridized carbons (Fsp3) is 1.00. The van der Waals surface area contributed by atoms with Crippen molar-refractivity contribution in [2.24, 2.45) is 0 Å². The fourth-order valence-corrected chi connectivity index (χ4v) is 6.29. The van der Waals surface area contributed by atoms with Crippen LogP contribution in [-0.2, 0) is 0 Å². The van der Waals surface area contributed by atoms with Crippen LogP contribution in [0.4, 0.5) is 0 Å². The van der Waals surface area contributed by atoms with Gasteiger partial charge in [-0.15, -0.1) is 0 Å². The normalized spacial score (nSPS) is 21.8. The van der Waals surface area contributed by atoms with Gasteiger partial charge >= 0.3 is 0 Å². The van der Waals surface area contributed by atoms with Crippen molar-refractivity contribution >= 4 is 37.0 Å². The van der Waals surface area contributed by atoms with Crippen molar-refractivity contribution in [2.75, 3.05) is 16.4 Å². The van der Waals surface area contributed by atoms with Crippen LogP contribution in [0, 0.1) is 0 Å². The minimum Gasteiger partial charge on any atom is -0.302 e. The first-order valence-corrected chi connectivity index (χ1v) is 6.87. The highest BCUT2D eigenvalue weighted by Gasteiger charge is 2.17. The van der Waals surface area contributed by atoms with Gasteiger partial charge in [0.2, 0.25) is 0 Å². The fourth-order valence-electron chi connectivity index (χ4n) is 0.610. The van der Waals surface area contributed by atoms with Crippen LogP contribution in [0.2, 0.25) is 0 Å². The first kappa shape index (κ1) is 7.27. The monoisotopic (exact) mass is 212 g/mol. The number of aromatic nitrogens is 3. The molecular formula is C2H7N4P3S. The summed E-state index contributed by atoms with van der Waals surface area (Å²) in [5.41, 5.74) is 0. The quantitative estimate of drug-likeness (QED) is 0.700. The lowest BCUT2D eigenvalue weighted by Crippen LogP contribution is -2.26. The van der Waals surface area contributed by atoms with Crippen molar-refractivity contribution in [3.8, 4) is 0 Å². The van der Waals surface area contributed by atoms with Crippen molar-refractivity contribution in [1.29, 1.82) is 0 Å². The van der Waals surface area contributed by atoms with E-state index in [9.17, 15) is 0 Å². The van der Waals surface area contributed by atoms with Gasteiger partial charge in [-0.2, -0.15) is 8.58 Å². The molecule has 1 aliphatic rings. The van der Waals surface area contributed by atoms with Crippen molar-refractivity contribution in [1.82, 2.24) is 13.5 Å². The highest BCUT2D eigenvalue weighted by Crippen LogP contribution is 2.36. The van der Waals surface area contributed by atoms with Gasteiger partial charge in [0.05, 0.1) is 0 Å². The molecule has 8 heteroatoms. The third kappa shape index (κ3) is 1.44. The molecule has 2 rings (SSSR count). The molecule has 0 aromatic carbocycles. The maximum Gasteiger partial charge on any atom is 0.144 e. The zero-order valence-electron chi connectivity index (χ0n) is 5.11. The number of hydrogen-bond donors (Lipinski definition) is 2. The second-order valence-corrected chi connectivity index (χ2v) is 7.13. The van der Waals surface area contributed by atoms with E-state index in [2.05, 4.69) is 17.6 Å². The third-order valence-electron chi connectivity index (χ3n) is 1.13. The van der Waals surface area contributed by atoms with E-state index in [0.717, 1.165) is 8.51 Å². The van der Waals surface area contributed by atoms with E-state index in [4.69, 9.17) is 0 Å². The summed E-state index contributed by atoms with van der Waals surface area (Å²) in [5, 5.41) is 0. The lowest BCUT2D eigenvalue weighted by Gasteiger charge is -2.26. The molecule has 56 valence electrons. The molecule has 2 heterocycles. The first-order chi connectivity index (χ1) is 4.97. The van der Waals surface area contributed by atoms with E-state index in [0.29, 0.717) is 8.51 Å². The predicted octanol–water partition coefficient (Wildman–Crippen LogP) is 2.06. The molecule has 1 aliphatic heterocycles. The Labute approximate surface area is 67.3 Å². The summed E-state index contributed by atoms with van der Waals surface area (Å²) in [6, 6.07) is 0. The second kappa shape index (κ2) is 3.34. The molecule has 0 aliphatic carbocycles. The number of rotatable bonds is 1. The van der Waals surface area contributed by atoms with Crippen LogP contribution in [0.25, 0.3) is 0 Å². The van der Waals surface area contributed by atoms with E-state index in [1.807, 2.05) is 11.9 Å². The molecular weight excluding hydrogens is 205 g/mol. The van der Waals surface area contributed by atoms with Crippen LogP contribution in [0.5, 0.6) is 0 Å². The van der Waals surface area contributed by atoms with Gasteiger partial charge < -0.3 is 4.51 Å². The van der Waals surface area contributed by atoms with E-state index in [1.165, 1.54) is 12.3 Å². The summed E-state index contributed by atoms with van der Waals surface area (Å²) >= 11 is 1.89. The van der Waals surface area contributed by atoms with E-state index in [-0.39, 0.29) is 8.00 Å². The van der Waals surface area contributed by atoms with Gasteiger partial charge in [-0.3, -0.25) is 4.51 Å². The summed E-state index contributed by atoms with van der Waals surface area (Å²) in [6.45, 7) is 1.20. The van der Waals surface area contributed by atoms with Crippen LogP contribution < -0.4 is 4.08 Å². The number of nitrogens with zero attached hydrogens (tertiary/aromatic N) is 2. The molecule has 0 saturated carbocycles. The van der Waals surface area contributed by atoms with Gasteiger partial charge in [0.25, 0.3) is 0 Å². The first-order valence-electron chi connectivity index (χ1n) is 2.83. The van der Waals surface area contributed by atoms with Gasteiger partial charge in [0, 0.05) is 20.8 Å². The molecule has 0 spiro atoms. The molecule has 0 bridgehead atoms. The third-order valence-corrected chi connectivity index (χ3v) is 6.53. The van der Waals surface area contributed by atoms with Crippen molar-refractivity contribution in [3.63, 3.8) is 0 Å². The summed E-state index contributed by atoms with van der Waals surface area (Å²) in [7, 11) is 1.39. The smallest absolute Gasteiger partial charge is 0.144 e. The molecule has 10 heavy (non-hydrogen) atoms.